The number of benzene rings is 1. The predicted molar refractivity (Wildman–Crippen MR) is 87.6 cm³/mol. The van der Waals surface area contributed by atoms with Crippen LogP contribution in [0.2, 0.25) is 0 Å². The lowest BCUT2D eigenvalue weighted by Gasteiger charge is -2.28. The van der Waals surface area contributed by atoms with Gasteiger partial charge in [0.25, 0.3) is 11.6 Å². The largest absolute Gasteiger partial charge is 0.396 e. The number of nitrogens with zero attached hydrogens (tertiary/aromatic N) is 1. The first-order valence-electron chi connectivity index (χ1n) is 8.02. The molecule has 1 aromatic rings. The Labute approximate surface area is 136 Å². The normalized spacial score (nSPS) is 21.0. The maximum Gasteiger partial charge on any atom is 0.275 e. The minimum atomic E-state index is -0.423. The first-order chi connectivity index (χ1) is 10.8. The van der Waals surface area contributed by atoms with Crippen LogP contribution in [-0.2, 0) is 0 Å². The molecule has 0 saturated heterocycles. The molecule has 0 unspecified atom stereocenters. The number of nitrogens with one attached hydrogen (secondary N) is 1. The number of hydrogen-bond donors (Lipinski definition) is 2. The Morgan fingerprint density at radius 1 is 1.26 bits per heavy atom. The molecule has 6 nitrogen and oxygen atoms in total. The molecule has 1 aliphatic rings. The zero-order valence-corrected chi connectivity index (χ0v) is 13.9. The maximum atomic E-state index is 12.6. The average molecular weight is 320 g/mol. The van der Waals surface area contributed by atoms with Crippen molar-refractivity contribution in [2.75, 3.05) is 6.61 Å². The quantitative estimate of drug-likeness (QED) is 0.659. The summed E-state index contributed by atoms with van der Waals surface area (Å²) in [6.07, 6.45) is 3.47. The van der Waals surface area contributed by atoms with Crippen LogP contribution in [0.15, 0.2) is 6.07 Å². The number of nitro groups is 1. The van der Waals surface area contributed by atoms with E-state index in [1.807, 2.05) is 0 Å². The molecular formula is C17H24N2O4. The lowest BCUT2D eigenvalue weighted by Crippen LogP contribution is -2.38. The van der Waals surface area contributed by atoms with Gasteiger partial charge in [-0.05, 0) is 64.0 Å². The van der Waals surface area contributed by atoms with Crippen LogP contribution in [0, 0.1) is 36.8 Å². The Balaban J connectivity index is 2.20. The van der Waals surface area contributed by atoms with Gasteiger partial charge >= 0.3 is 0 Å². The molecule has 1 saturated carbocycles. The van der Waals surface area contributed by atoms with Gasteiger partial charge in [-0.2, -0.15) is 0 Å². The van der Waals surface area contributed by atoms with Gasteiger partial charge in [-0.15, -0.1) is 0 Å². The first kappa shape index (κ1) is 17.4. The first-order valence-corrected chi connectivity index (χ1v) is 8.02. The molecule has 0 atom stereocenters. The highest BCUT2D eigenvalue weighted by atomic mass is 16.6. The number of carbonyl (C=O) groups is 1. The number of amides is 1. The molecular weight excluding hydrogens is 296 g/mol. The van der Waals surface area contributed by atoms with Crippen molar-refractivity contribution in [2.24, 2.45) is 5.92 Å². The van der Waals surface area contributed by atoms with Crippen molar-refractivity contribution in [1.29, 1.82) is 0 Å². The average Bonchev–Trinajstić information content (AvgIpc) is 2.46. The fourth-order valence-corrected chi connectivity index (χ4v) is 3.55. The van der Waals surface area contributed by atoms with Gasteiger partial charge in [0, 0.05) is 23.8 Å². The van der Waals surface area contributed by atoms with E-state index in [0.29, 0.717) is 22.6 Å². The van der Waals surface area contributed by atoms with Crippen LogP contribution < -0.4 is 5.32 Å². The van der Waals surface area contributed by atoms with Crippen molar-refractivity contribution < 1.29 is 14.8 Å². The van der Waals surface area contributed by atoms with E-state index in [1.165, 1.54) is 0 Å². The zero-order chi connectivity index (χ0) is 17.1. The molecule has 6 heteroatoms. The monoisotopic (exact) mass is 320 g/mol. The van der Waals surface area contributed by atoms with E-state index in [0.717, 1.165) is 31.2 Å². The lowest BCUT2D eigenvalue weighted by atomic mass is 9.86. The van der Waals surface area contributed by atoms with E-state index in [2.05, 4.69) is 5.32 Å². The number of hydrogen-bond acceptors (Lipinski definition) is 4. The van der Waals surface area contributed by atoms with E-state index in [9.17, 15) is 14.9 Å². The second-order valence-electron chi connectivity index (χ2n) is 6.49. The molecule has 0 spiro atoms. The summed E-state index contributed by atoms with van der Waals surface area (Å²) in [7, 11) is 0. The van der Waals surface area contributed by atoms with Crippen LogP contribution in [0.25, 0.3) is 0 Å². The van der Waals surface area contributed by atoms with Crippen LogP contribution in [0.3, 0.4) is 0 Å². The number of aliphatic hydroxyl groups is 1. The fraction of sp³-hybridized carbons (Fsp3) is 0.588. The zero-order valence-electron chi connectivity index (χ0n) is 13.9. The summed E-state index contributed by atoms with van der Waals surface area (Å²) in [5.41, 5.74) is 2.18. The summed E-state index contributed by atoms with van der Waals surface area (Å²) >= 11 is 0. The minimum Gasteiger partial charge on any atom is -0.396 e. The van der Waals surface area contributed by atoms with Crippen molar-refractivity contribution >= 4 is 11.6 Å². The summed E-state index contributed by atoms with van der Waals surface area (Å²) in [5, 5.41) is 23.4. The van der Waals surface area contributed by atoms with Crippen LogP contribution in [0.1, 0.15) is 52.7 Å². The molecule has 126 valence electrons. The SMILES string of the molecule is Cc1cc(C)c([N+](=O)[O-])c(C)c1C(=O)NC1CCC(CO)CC1. The molecule has 1 aliphatic carbocycles. The highest BCUT2D eigenvalue weighted by Crippen LogP contribution is 2.29. The highest BCUT2D eigenvalue weighted by molar-refractivity contribution is 5.98. The Hall–Kier alpha value is -1.95. The Morgan fingerprint density at radius 2 is 1.87 bits per heavy atom. The van der Waals surface area contributed by atoms with Gasteiger partial charge in [-0.25, -0.2) is 0 Å². The molecule has 1 amide bonds. The maximum absolute atomic E-state index is 12.6. The van der Waals surface area contributed by atoms with E-state index >= 15 is 0 Å². The number of aliphatic hydroxyl groups excluding tert-OH is 1. The van der Waals surface area contributed by atoms with Crippen molar-refractivity contribution in [3.63, 3.8) is 0 Å². The van der Waals surface area contributed by atoms with Gasteiger partial charge in [-0.3, -0.25) is 14.9 Å². The molecule has 0 radical (unpaired) electrons. The van der Waals surface area contributed by atoms with Crippen molar-refractivity contribution in [3.8, 4) is 0 Å². The second kappa shape index (κ2) is 7.08. The van der Waals surface area contributed by atoms with Crippen LogP contribution in [0.5, 0.6) is 0 Å². The molecule has 0 aromatic heterocycles. The second-order valence-corrected chi connectivity index (χ2v) is 6.49. The Kier molecular flexibility index (Phi) is 5.36. The third-order valence-corrected chi connectivity index (χ3v) is 4.78. The van der Waals surface area contributed by atoms with Gasteiger partial charge in [0.1, 0.15) is 0 Å². The third-order valence-electron chi connectivity index (χ3n) is 4.78. The number of rotatable bonds is 4. The highest BCUT2D eigenvalue weighted by Gasteiger charge is 2.26. The Morgan fingerprint density at radius 3 is 2.39 bits per heavy atom. The van der Waals surface area contributed by atoms with E-state index in [4.69, 9.17) is 5.11 Å². The van der Waals surface area contributed by atoms with Crippen LogP contribution in [0.4, 0.5) is 5.69 Å². The van der Waals surface area contributed by atoms with Crippen molar-refractivity contribution in [2.45, 2.75) is 52.5 Å². The molecule has 0 heterocycles. The minimum absolute atomic E-state index is 0.0183. The third kappa shape index (κ3) is 3.69. The van der Waals surface area contributed by atoms with Gasteiger partial charge in [0.15, 0.2) is 0 Å². The predicted octanol–water partition coefficient (Wildman–Crippen LogP) is 2.80. The molecule has 2 rings (SSSR count). The molecule has 0 bridgehead atoms. The van der Waals surface area contributed by atoms with E-state index < -0.39 is 4.92 Å². The van der Waals surface area contributed by atoms with Crippen LogP contribution >= 0.6 is 0 Å². The van der Waals surface area contributed by atoms with Crippen molar-refractivity contribution in [1.82, 2.24) is 5.32 Å². The number of nitro benzene ring substituents is 1. The Bertz CT molecular complexity index is 620. The molecule has 0 aliphatic heterocycles. The van der Waals surface area contributed by atoms with E-state index in [1.54, 1.807) is 26.8 Å². The van der Waals surface area contributed by atoms with Crippen LogP contribution in [-0.4, -0.2) is 28.6 Å². The smallest absolute Gasteiger partial charge is 0.275 e. The van der Waals surface area contributed by atoms with Crippen molar-refractivity contribution in [3.05, 3.63) is 38.4 Å². The number of aryl methyl sites for hydroxylation is 2. The van der Waals surface area contributed by atoms with Gasteiger partial charge in [-0.1, -0.05) is 0 Å². The van der Waals surface area contributed by atoms with Gasteiger partial charge in [0.2, 0.25) is 0 Å². The molecule has 23 heavy (non-hydrogen) atoms. The summed E-state index contributed by atoms with van der Waals surface area (Å²) in [5.74, 6) is 0.0858. The van der Waals surface area contributed by atoms with Gasteiger partial charge < -0.3 is 10.4 Å². The lowest BCUT2D eigenvalue weighted by molar-refractivity contribution is -0.386. The van der Waals surface area contributed by atoms with E-state index in [-0.39, 0.29) is 24.2 Å². The molecule has 1 fully saturated rings. The fourth-order valence-electron chi connectivity index (χ4n) is 3.55. The van der Waals surface area contributed by atoms with Gasteiger partial charge in [0.05, 0.1) is 10.5 Å². The summed E-state index contributed by atoms with van der Waals surface area (Å²) in [6, 6.07) is 1.77. The summed E-state index contributed by atoms with van der Waals surface area (Å²) in [6.45, 7) is 5.33. The number of carbonyl (C=O) groups excluding carboxylic acids is 1. The summed E-state index contributed by atoms with van der Waals surface area (Å²) in [4.78, 5) is 23.4. The molecule has 2 N–H and O–H groups in total. The standard InChI is InChI=1S/C17H24N2O4/c1-10-8-11(2)16(19(22)23)12(3)15(10)17(21)18-14-6-4-13(9-20)5-7-14/h8,13-14,20H,4-7,9H2,1-3H3,(H,18,21). The summed E-state index contributed by atoms with van der Waals surface area (Å²) < 4.78 is 0. The molecule has 1 aromatic carbocycles. The topological polar surface area (TPSA) is 92.5 Å².